The van der Waals surface area contributed by atoms with Gasteiger partial charge in [0, 0.05) is 0 Å². The number of carboxylic acids is 1. The summed E-state index contributed by atoms with van der Waals surface area (Å²) in [5.41, 5.74) is 2.83. The van der Waals surface area contributed by atoms with Gasteiger partial charge in [-0.25, -0.2) is 0 Å². The Bertz CT molecular complexity index is 485. The summed E-state index contributed by atoms with van der Waals surface area (Å²) in [7, 11) is 0. The van der Waals surface area contributed by atoms with Crippen LogP contribution < -0.4 is 5.32 Å². The Morgan fingerprint density at radius 2 is 1.70 bits per heavy atom. The fourth-order valence-corrected chi connectivity index (χ4v) is 2.70. The molecule has 0 aliphatic carbocycles. The zero-order chi connectivity index (χ0) is 17.6. The highest BCUT2D eigenvalue weighted by Crippen LogP contribution is 2.22. The van der Waals surface area contributed by atoms with E-state index in [1.165, 1.54) is 11.1 Å². The molecule has 1 aromatic carbocycles. The molecule has 0 heterocycles. The van der Waals surface area contributed by atoms with Crippen LogP contribution in [0.5, 0.6) is 0 Å². The topological polar surface area (TPSA) is 49.3 Å². The molecule has 3 heteroatoms. The van der Waals surface area contributed by atoms with E-state index in [0.29, 0.717) is 18.3 Å². The van der Waals surface area contributed by atoms with E-state index in [1.54, 1.807) is 0 Å². The zero-order valence-electron chi connectivity index (χ0n) is 15.5. The van der Waals surface area contributed by atoms with Gasteiger partial charge < -0.3 is 10.4 Å². The maximum absolute atomic E-state index is 11.3. The maximum Gasteiger partial charge on any atom is 0.320 e. The fraction of sp³-hybridized carbons (Fsp3) is 0.650. The average Bonchev–Trinajstić information content (AvgIpc) is 2.42. The molecule has 0 fully saturated rings. The van der Waals surface area contributed by atoms with Crippen LogP contribution >= 0.6 is 0 Å². The third-order valence-electron chi connectivity index (χ3n) is 4.12. The van der Waals surface area contributed by atoms with Crippen molar-refractivity contribution in [2.75, 3.05) is 6.54 Å². The molecule has 0 aromatic heterocycles. The van der Waals surface area contributed by atoms with Gasteiger partial charge in [0.05, 0.1) is 0 Å². The van der Waals surface area contributed by atoms with Crippen molar-refractivity contribution in [1.82, 2.24) is 5.32 Å². The second-order valence-corrected chi connectivity index (χ2v) is 8.18. The van der Waals surface area contributed by atoms with Crippen molar-refractivity contribution in [3.05, 3.63) is 35.4 Å². The minimum Gasteiger partial charge on any atom is -0.480 e. The lowest BCUT2D eigenvalue weighted by Gasteiger charge is -2.21. The van der Waals surface area contributed by atoms with Crippen LogP contribution in [0, 0.1) is 11.8 Å². The minimum atomic E-state index is -0.750. The molecule has 1 aromatic rings. The van der Waals surface area contributed by atoms with Crippen LogP contribution in [0.15, 0.2) is 24.3 Å². The first-order valence-corrected chi connectivity index (χ1v) is 8.65. The van der Waals surface area contributed by atoms with Crippen molar-refractivity contribution in [3.63, 3.8) is 0 Å². The van der Waals surface area contributed by atoms with Crippen LogP contribution in [0.2, 0.25) is 0 Å². The van der Waals surface area contributed by atoms with Crippen LogP contribution in [0.1, 0.15) is 59.1 Å². The summed E-state index contributed by atoms with van der Waals surface area (Å²) in [6.07, 6.45) is 1.63. The largest absolute Gasteiger partial charge is 0.480 e. The number of aliphatic carboxylic acids is 1. The van der Waals surface area contributed by atoms with Gasteiger partial charge >= 0.3 is 5.97 Å². The van der Waals surface area contributed by atoms with Gasteiger partial charge in [-0.2, -0.15) is 0 Å². The number of rotatable bonds is 8. The minimum absolute atomic E-state index is 0.178. The predicted octanol–water partition coefficient (Wildman–Crippen LogP) is 4.25. The molecule has 0 saturated carbocycles. The van der Waals surface area contributed by atoms with Crippen LogP contribution in [0.4, 0.5) is 0 Å². The number of nitrogens with one attached hydrogen (secondary N) is 1. The monoisotopic (exact) mass is 319 g/mol. The molecule has 1 unspecified atom stereocenters. The van der Waals surface area contributed by atoms with Gasteiger partial charge in [-0.3, -0.25) is 4.79 Å². The Morgan fingerprint density at radius 3 is 2.13 bits per heavy atom. The van der Waals surface area contributed by atoms with Gasteiger partial charge in [0.15, 0.2) is 0 Å². The van der Waals surface area contributed by atoms with Crippen molar-refractivity contribution < 1.29 is 9.90 Å². The first kappa shape index (κ1) is 19.7. The van der Waals surface area contributed by atoms with E-state index in [2.05, 4.69) is 71.1 Å². The van der Waals surface area contributed by atoms with E-state index in [1.807, 2.05) is 0 Å². The van der Waals surface area contributed by atoms with E-state index in [0.717, 1.165) is 13.0 Å². The van der Waals surface area contributed by atoms with Gasteiger partial charge in [0.2, 0.25) is 0 Å². The molecule has 0 saturated heterocycles. The normalized spacial score (nSPS) is 14.7. The quantitative estimate of drug-likeness (QED) is 0.753. The smallest absolute Gasteiger partial charge is 0.320 e. The molecule has 0 radical (unpaired) electrons. The number of hydrogen-bond donors (Lipinski definition) is 2. The van der Waals surface area contributed by atoms with E-state index in [-0.39, 0.29) is 5.41 Å². The molecular formula is C20H33NO2. The van der Waals surface area contributed by atoms with Gasteiger partial charge in [0.1, 0.15) is 6.04 Å². The summed E-state index contributed by atoms with van der Waals surface area (Å²) in [5, 5.41) is 12.5. The molecule has 1 rings (SSSR count). The molecule has 130 valence electrons. The number of carboxylic acid groups (broad SMARTS) is 1. The lowest BCUT2D eigenvalue weighted by molar-refractivity contribution is -0.140. The summed E-state index contributed by atoms with van der Waals surface area (Å²) in [4.78, 5) is 11.3. The summed E-state index contributed by atoms with van der Waals surface area (Å²) in [5.74, 6) is 0.0359. The van der Waals surface area contributed by atoms with Crippen molar-refractivity contribution in [3.8, 4) is 0 Å². The molecule has 0 aliphatic heterocycles. The van der Waals surface area contributed by atoms with E-state index >= 15 is 0 Å². The average molecular weight is 319 g/mol. The lowest BCUT2D eigenvalue weighted by atomic mass is 9.86. The van der Waals surface area contributed by atoms with Crippen molar-refractivity contribution in [1.29, 1.82) is 0 Å². The Kier molecular flexibility index (Phi) is 7.27. The summed E-state index contributed by atoms with van der Waals surface area (Å²) in [6, 6.07) is 8.35. The highest BCUT2D eigenvalue weighted by Gasteiger charge is 2.19. The molecule has 0 amide bonds. The van der Waals surface area contributed by atoms with E-state index < -0.39 is 12.0 Å². The van der Waals surface area contributed by atoms with Crippen molar-refractivity contribution in [2.45, 2.75) is 65.8 Å². The standard InChI is InChI=1S/C20H33NO2/c1-14(2)11-18(19(22)23)21-13-15(3)12-16-7-9-17(10-8-16)20(4,5)6/h7-10,14-15,18,21H,11-13H2,1-6H3,(H,22,23)/t15?,18-/m0/s1. The number of hydrogen-bond acceptors (Lipinski definition) is 2. The summed E-state index contributed by atoms with van der Waals surface area (Å²) >= 11 is 0. The fourth-order valence-electron chi connectivity index (χ4n) is 2.70. The van der Waals surface area contributed by atoms with Gasteiger partial charge in [0.25, 0.3) is 0 Å². The summed E-state index contributed by atoms with van der Waals surface area (Å²) < 4.78 is 0. The Labute approximate surface area is 141 Å². The molecule has 0 aliphatic rings. The maximum atomic E-state index is 11.3. The van der Waals surface area contributed by atoms with Crippen LogP contribution in [0.3, 0.4) is 0 Å². The van der Waals surface area contributed by atoms with Crippen LogP contribution in [-0.4, -0.2) is 23.7 Å². The van der Waals surface area contributed by atoms with Gasteiger partial charge in [-0.15, -0.1) is 0 Å². The second kappa shape index (κ2) is 8.49. The second-order valence-electron chi connectivity index (χ2n) is 8.18. The highest BCUT2D eigenvalue weighted by atomic mass is 16.4. The van der Waals surface area contributed by atoms with Crippen LogP contribution in [-0.2, 0) is 16.6 Å². The number of carbonyl (C=O) groups is 1. The van der Waals surface area contributed by atoms with E-state index in [9.17, 15) is 9.90 Å². The van der Waals surface area contributed by atoms with Gasteiger partial charge in [-0.05, 0) is 47.8 Å². The molecule has 0 bridgehead atoms. The number of benzene rings is 1. The van der Waals surface area contributed by atoms with Crippen molar-refractivity contribution >= 4 is 5.97 Å². The Morgan fingerprint density at radius 1 is 1.13 bits per heavy atom. The molecule has 0 spiro atoms. The van der Waals surface area contributed by atoms with Crippen molar-refractivity contribution in [2.24, 2.45) is 11.8 Å². The SMILES string of the molecule is CC(C)C[C@H](NCC(C)Cc1ccc(C(C)(C)C)cc1)C(=O)O. The first-order chi connectivity index (χ1) is 10.6. The van der Waals surface area contributed by atoms with Crippen LogP contribution in [0.25, 0.3) is 0 Å². The Balaban J connectivity index is 2.52. The summed E-state index contributed by atoms with van der Waals surface area (Å²) in [6.45, 7) is 13.7. The molecule has 2 N–H and O–H groups in total. The molecular weight excluding hydrogens is 286 g/mol. The predicted molar refractivity (Wildman–Crippen MR) is 96.9 cm³/mol. The molecule has 2 atom stereocenters. The molecule has 23 heavy (non-hydrogen) atoms. The zero-order valence-corrected chi connectivity index (χ0v) is 15.5. The molecule has 3 nitrogen and oxygen atoms in total. The highest BCUT2D eigenvalue weighted by molar-refractivity contribution is 5.73. The first-order valence-electron chi connectivity index (χ1n) is 8.65. The van der Waals surface area contributed by atoms with E-state index in [4.69, 9.17) is 0 Å². The Hall–Kier alpha value is -1.35. The lowest BCUT2D eigenvalue weighted by Crippen LogP contribution is -2.40. The third-order valence-corrected chi connectivity index (χ3v) is 4.12. The van der Waals surface area contributed by atoms with Gasteiger partial charge in [-0.1, -0.05) is 65.8 Å². The third kappa shape index (κ3) is 7.17.